The van der Waals surface area contributed by atoms with E-state index in [4.69, 9.17) is 9.47 Å². The maximum Gasteiger partial charge on any atom is 0.302 e. The second kappa shape index (κ2) is 12.6. The van der Waals surface area contributed by atoms with Gasteiger partial charge in [0.25, 0.3) is 5.69 Å². The van der Waals surface area contributed by atoms with E-state index in [-0.39, 0.29) is 23.8 Å². The Labute approximate surface area is 176 Å². The van der Waals surface area contributed by atoms with Gasteiger partial charge in [0.1, 0.15) is 0 Å². The van der Waals surface area contributed by atoms with Crippen LogP contribution in [0.3, 0.4) is 0 Å². The normalized spacial score (nSPS) is 13.6. The first-order valence-corrected chi connectivity index (χ1v) is 11.2. The Bertz CT molecular complexity index is 782. The molecule has 0 unspecified atom stereocenters. The lowest BCUT2D eigenvalue weighted by Gasteiger charge is -2.35. The van der Waals surface area contributed by atoms with Gasteiger partial charge in [-0.3, -0.25) is 14.9 Å². The van der Waals surface area contributed by atoms with Gasteiger partial charge in [0.2, 0.25) is 10.0 Å². The molecule has 1 aromatic carbocycles. The third-order valence-electron chi connectivity index (χ3n) is 4.63. The Balaban J connectivity index is 3.10. The number of carbonyl (C=O) groups excluding carboxylic acids is 1. The fourth-order valence-electron chi connectivity index (χ4n) is 3.22. The molecule has 0 amide bonds. The van der Waals surface area contributed by atoms with Crippen LogP contribution in [0.5, 0.6) is 0 Å². The minimum atomic E-state index is -3.98. The van der Waals surface area contributed by atoms with Crippen LogP contribution in [0, 0.1) is 10.1 Å². The van der Waals surface area contributed by atoms with Crippen LogP contribution in [0.2, 0.25) is 0 Å². The third kappa shape index (κ3) is 8.74. The zero-order valence-electron chi connectivity index (χ0n) is 17.3. The Morgan fingerprint density at radius 3 is 2.20 bits per heavy atom. The summed E-state index contributed by atoms with van der Waals surface area (Å²) in [5.74, 6) is -0.415. The van der Waals surface area contributed by atoms with Gasteiger partial charge < -0.3 is 14.6 Å². The van der Waals surface area contributed by atoms with Crippen LogP contribution in [0.1, 0.15) is 45.4 Å². The number of rotatable bonds is 15. The molecule has 11 heteroatoms. The fourth-order valence-corrected chi connectivity index (χ4v) is 4.71. The van der Waals surface area contributed by atoms with Gasteiger partial charge >= 0.3 is 5.97 Å². The number of hydrogen-bond donors (Lipinski definition) is 2. The molecule has 30 heavy (non-hydrogen) atoms. The number of hydrogen-bond acceptors (Lipinski definition) is 8. The number of methoxy groups -OCH3 is 1. The zero-order valence-corrected chi connectivity index (χ0v) is 18.2. The third-order valence-corrected chi connectivity index (χ3v) is 6.23. The molecule has 0 aromatic heterocycles. The highest BCUT2D eigenvalue weighted by atomic mass is 32.2. The Morgan fingerprint density at radius 1 is 1.13 bits per heavy atom. The zero-order chi connectivity index (χ0) is 22.6. The van der Waals surface area contributed by atoms with E-state index in [9.17, 15) is 28.4 Å². The van der Waals surface area contributed by atoms with E-state index in [0.717, 1.165) is 12.1 Å². The number of benzene rings is 1. The van der Waals surface area contributed by atoms with Crippen molar-refractivity contribution in [2.24, 2.45) is 0 Å². The van der Waals surface area contributed by atoms with Crippen molar-refractivity contribution in [3.8, 4) is 0 Å². The number of nitrogens with zero attached hydrogens (tertiary/aromatic N) is 1. The molecule has 0 heterocycles. The molecule has 0 aliphatic heterocycles. The molecular formula is C19H30N2O8S. The number of esters is 1. The Hall–Kier alpha value is -2.08. The molecule has 2 N–H and O–H groups in total. The summed E-state index contributed by atoms with van der Waals surface area (Å²) in [5, 5.41) is 20.1. The Kier molecular flexibility index (Phi) is 10.9. The van der Waals surface area contributed by atoms with Crippen molar-refractivity contribution in [2.75, 3.05) is 26.9 Å². The summed E-state index contributed by atoms with van der Waals surface area (Å²) >= 11 is 0. The lowest BCUT2D eigenvalue weighted by atomic mass is 9.85. The molecule has 10 nitrogen and oxygen atoms in total. The molecule has 170 valence electrons. The van der Waals surface area contributed by atoms with Crippen molar-refractivity contribution in [3.63, 3.8) is 0 Å². The number of ether oxygens (including phenoxy) is 2. The minimum absolute atomic E-state index is 0.0896. The highest BCUT2D eigenvalue weighted by molar-refractivity contribution is 7.89. The average Bonchev–Trinajstić information content (AvgIpc) is 2.69. The van der Waals surface area contributed by atoms with Crippen LogP contribution in [0.4, 0.5) is 5.69 Å². The Morgan fingerprint density at radius 2 is 1.70 bits per heavy atom. The maximum atomic E-state index is 13.0. The molecule has 1 rings (SSSR count). The number of aliphatic hydroxyl groups excluding tert-OH is 1. The van der Waals surface area contributed by atoms with Gasteiger partial charge in [0, 0.05) is 44.9 Å². The molecule has 1 atom stereocenters. The van der Waals surface area contributed by atoms with E-state index >= 15 is 0 Å². The number of nitrogens with one attached hydrogen (secondary N) is 1. The summed E-state index contributed by atoms with van der Waals surface area (Å²) in [6.45, 7) is 1.79. The number of aliphatic hydroxyl groups is 1. The van der Waals surface area contributed by atoms with Crippen LogP contribution < -0.4 is 4.72 Å². The highest BCUT2D eigenvalue weighted by Gasteiger charge is 2.34. The topological polar surface area (TPSA) is 145 Å². The summed E-state index contributed by atoms with van der Waals surface area (Å²) in [5.41, 5.74) is -1.09. The first kappa shape index (κ1) is 26.0. The maximum absolute atomic E-state index is 13.0. The minimum Gasteiger partial charge on any atom is -0.466 e. The highest BCUT2D eigenvalue weighted by Crippen LogP contribution is 2.29. The smallest absolute Gasteiger partial charge is 0.302 e. The molecule has 0 saturated heterocycles. The van der Waals surface area contributed by atoms with Crippen molar-refractivity contribution >= 4 is 21.7 Å². The second-order valence-electron chi connectivity index (χ2n) is 7.00. The standard InChI is InChI=1S/C19H30N2O8S/c1-16(23)29-15-5-12-19(10-3-13-22,11-4-14-28-2)20-30(26,27)18-8-6-17(7-9-18)21(24)25/h6-9,20,22H,3-5,10-15H2,1-2H3/t19-/m0/s1. The van der Waals surface area contributed by atoms with Crippen LogP contribution in [0.15, 0.2) is 29.2 Å². The van der Waals surface area contributed by atoms with Gasteiger partial charge in [-0.25, -0.2) is 13.1 Å². The van der Waals surface area contributed by atoms with E-state index in [2.05, 4.69) is 4.72 Å². The SMILES string of the molecule is COCCC[C@@](CCCO)(CCCOC(C)=O)NS(=O)(=O)c1ccc([N+](=O)[O-])cc1. The van der Waals surface area contributed by atoms with E-state index in [0.29, 0.717) is 45.1 Å². The van der Waals surface area contributed by atoms with Crippen molar-refractivity contribution < 1.29 is 32.7 Å². The molecule has 0 bridgehead atoms. The monoisotopic (exact) mass is 446 g/mol. The first-order chi connectivity index (χ1) is 14.2. The lowest BCUT2D eigenvalue weighted by Crippen LogP contribution is -2.49. The van der Waals surface area contributed by atoms with Crippen LogP contribution in [-0.2, 0) is 24.3 Å². The van der Waals surface area contributed by atoms with Crippen LogP contribution >= 0.6 is 0 Å². The van der Waals surface area contributed by atoms with Crippen molar-refractivity contribution in [1.29, 1.82) is 0 Å². The number of nitro benzene ring substituents is 1. The molecule has 0 fully saturated rings. The second-order valence-corrected chi connectivity index (χ2v) is 8.69. The summed E-state index contributed by atoms with van der Waals surface area (Å²) in [4.78, 5) is 21.1. The molecule has 1 aromatic rings. The summed E-state index contributed by atoms with van der Waals surface area (Å²) in [6.07, 6.45) is 2.60. The molecular weight excluding hydrogens is 416 g/mol. The molecule has 0 saturated carbocycles. The van der Waals surface area contributed by atoms with Crippen molar-refractivity contribution in [2.45, 2.75) is 55.9 Å². The van der Waals surface area contributed by atoms with Gasteiger partial charge in [0.15, 0.2) is 0 Å². The summed E-state index contributed by atoms with van der Waals surface area (Å²) in [6, 6.07) is 4.64. The average molecular weight is 447 g/mol. The van der Waals surface area contributed by atoms with E-state index in [1.165, 1.54) is 19.1 Å². The van der Waals surface area contributed by atoms with Gasteiger partial charge in [-0.2, -0.15) is 0 Å². The van der Waals surface area contributed by atoms with Crippen LogP contribution in [0.25, 0.3) is 0 Å². The predicted molar refractivity (Wildman–Crippen MR) is 109 cm³/mol. The van der Waals surface area contributed by atoms with E-state index in [1.54, 1.807) is 7.11 Å². The number of non-ortho nitro benzene ring substituents is 1. The van der Waals surface area contributed by atoms with Gasteiger partial charge in [0.05, 0.1) is 16.4 Å². The first-order valence-electron chi connectivity index (χ1n) is 9.67. The number of carbonyl (C=O) groups is 1. The number of nitro groups is 1. The molecule has 0 aliphatic rings. The largest absolute Gasteiger partial charge is 0.466 e. The molecule has 0 aliphatic carbocycles. The fraction of sp³-hybridized carbons (Fsp3) is 0.632. The van der Waals surface area contributed by atoms with E-state index in [1.807, 2.05) is 0 Å². The van der Waals surface area contributed by atoms with Gasteiger partial charge in [-0.15, -0.1) is 0 Å². The van der Waals surface area contributed by atoms with Gasteiger partial charge in [-0.1, -0.05) is 0 Å². The van der Waals surface area contributed by atoms with Crippen molar-refractivity contribution in [1.82, 2.24) is 4.72 Å². The summed E-state index contributed by atoms with van der Waals surface area (Å²) < 4.78 is 38.8. The van der Waals surface area contributed by atoms with Gasteiger partial charge in [-0.05, 0) is 50.7 Å². The molecule has 0 radical (unpaired) electrons. The quantitative estimate of drug-likeness (QED) is 0.180. The van der Waals surface area contributed by atoms with Crippen molar-refractivity contribution in [3.05, 3.63) is 34.4 Å². The van der Waals surface area contributed by atoms with Crippen LogP contribution in [-0.4, -0.2) is 56.9 Å². The van der Waals surface area contributed by atoms with E-state index < -0.39 is 26.5 Å². The lowest BCUT2D eigenvalue weighted by molar-refractivity contribution is -0.384. The summed E-state index contributed by atoms with van der Waals surface area (Å²) in [7, 11) is -2.43. The molecule has 0 spiro atoms. The predicted octanol–water partition coefficient (Wildman–Crippen LogP) is 2.15. The number of sulfonamides is 1.